The van der Waals surface area contributed by atoms with Gasteiger partial charge in [0.15, 0.2) is 5.58 Å². The average molecular weight is 1320 g/mol. The van der Waals surface area contributed by atoms with E-state index in [2.05, 4.69) is 126 Å². The number of rotatable bonds is 6. The largest absolute Gasteiger partial charge is 0.452 e. The second-order valence-corrected chi connectivity index (χ2v) is 32.7. The molecule has 5 heteroatoms. The normalized spacial score (nSPS) is 24.5. The predicted octanol–water partition coefficient (Wildman–Crippen LogP) is 29.6. The molecule has 12 rings (SSSR count). The Morgan fingerprint density at radius 2 is 0.867 bits per heavy atom. The highest BCUT2D eigenvalue weighted by molar-refractivity contribution is 6.12. The summed E-state index contributed by atoms with van der Waals surface area (Å²) in [6, 6.07) is 43.9. The first-order valence-electron chi connectivity index (χ1n) is 41.8. The Morgan fingerprint density at radius 3 is 1.43 bits per heavy atom. The summed E-state index contributed by atoms with van der Waals surface area (Å²) in [6.45, 7) is 2.55. The Morgan fingerprint density at radius 1 is 0.418 bits per heavy atom. The molecular formula is C93H128N4O. The summed E-state index contributed by atoms with van der Waals surface area (Å²) >= 11 is 0. The van der Waals surface area contributed by atoms with Crippen molar-refractivity contribution in [3.8, 4) is 11.8 Å². The molecule has 5 unspecified atom stereocenters. The van der Waals surface area contributed by atoms with E-state index in [4.69, 9.17) is 9.40 Å². The van der Waals surface area contributed by atoms with Crippen LogP contribution in [0.5, 0.6) is 0 Å². The number of aromatic nitrogens is 3. The van der Waals surface area contributed by atoms with Gasteiger partial charge in [-0.25, -0.2) is 0 Å². The number of aromatic amines is 1. The topological polar surface area (TPSA) is 70.5 Å². The van der Waals surface area contributed by atoms with Crippen molar-refractivity contribution in [1.82, 2.24) is 14.5 Å². The van der Waals surface area contributed by atoms with Gasteiger partial charge in [-0.05, 0) is 152 Å². The second kappa shape index (κ2) is 37.7. The smallest absolute Gasteiger partial charge is 0.177 e. The van der Waals surface area contributed by atoms with Gasteiger partial charge in [-0.2, -0.15) is 5.26 Å². The third kappa shape index (κ3) is 19.4. The van der Waals surface area contributed by atoms with Crippen LogP contribution in [0.1, 0.15) is 351 Å². The molecule has 9 aromatic rings. The Bertz CT molecular complexity index is 3890. The summed E-state index contributed by atoms with van der Waals surface area (Å²) in [5, 5.41) is 16.2. The zero-order valence-electron chi connectivity index (χ0n) is 61.5. The molecule has 3 aliphatic carbocycles. The van der Waals surface area contributed by atoms with Gasteiger partial charge in [0.25, 0.3) is 0 Å². The van der Waals surface area contributed by atoms with Crippen LogP contribution in [0.25, 0.3) is 71.4 Å². The maximum atomic E-state index is 10.1. The molecule has 0 bridgehead atoms. The molecule has 0 spiro atoms. The number of furan rings is 1. The Balaban J connectivity index is 0.910. The Kier molecular flexibility index (Phi) is 27.7. The molecule has 4 heterocycles. The van der Waals surface area contributed by atoms with Crippen LogP contribution in [-0.4, -0.2) is 14.5 Å². The number of hydrogen-bond donors (Lipinski definition) is 1. The van der Waals surface area contributed by atoms with Crippen LogP contribution < -0.4 is 0 Å². The fourth-order valence-electron chi connectivity index (χ4n) is 19.1. The highest BCUT2D eigenvalue weighted by atomic mass is 16.3. The third-order valence-electron chi connectivity index (χ3n) is 25.4. The quantitative estimate of drug-likeness (QED) is 0.180. The number of fused-ring (bicyclic) bond motifs is 10. The van der Waals surface area contributed by atoms with Gasteiger partial charge in [-0.1, -0.05) is 332 Å². The lowest BCUT2D eigenvalue weighted by Gasteiger charge is -2.42. The van der Waals surface area contributed by atoms with Crippen molar-refractivity contribution in [3.05, 3.63) is 132 Å². The van der Waals surface area contributed by atoms with E-state index < -0.39 is 0 Å². The van der Waals surface area contributed by atoms with Crippen molar-refractivity contribution in [2.75, 3.05) is 0 Å². The maximum absolute atomic E-state index is 10.1. The van der Waals surface area contributed by atoms with Crippen LogP contribution in [0.4, 0.5) is 0 Å². The van der Waals surface area contributed by atoms with Gasteiger partial charge in [0.2, 0.25) is 0 Å². The summed E-state index contributed by atoms with van der Waals surface area (Å²) in [4.78, 5) is 9.18. The van der Waals surface area contributed by atoms with Crippen LogP contribution in [0.3, 0.4) is 0 Å². The van der Waals surface area contributed by atoms with Crippen molar-refractivity contribution >= 4 is 65.7 Å². The molecule has 98 heavy (non-hydrogen) atoms. The minimum absolute atomic E-state index is 0.00293. The number of nitriles is 1. The van der Waals surface area contributed by atoms with E-state index in [1.54, 1.807) is 5.56 Å². The monoisotopic (exact) mass is 1320 g/mol. The number of hydrogen-bond acceptors (Lipinski definition) is 3. The average Bonchev–Trinajstić information content (AvgIpc) is 1.57. The molecule has 4 aromatic heterocycles. The minimum atomic E-state index is 0.00293. The molecule has 526 valence electrons. The summed E-state index contributed by atoms with van der Waals surface area (Å²) in [7, 11) is 0. The molecular weight excluding hydrogens is 1190 g/mol. The van der Waals surface area contributed by atoms with Gasteiger partial charge >= 0.3 is 0 Å². The lowest BCUT2D eigenvalue weighted by Crippen LogP contribution is -2.33. The fourth-order valence-corrected chi connectivity index (χ4v) is 19.1. The van der Waals surface area contributed by atoms with Gasteiger partial charge in [-0.3, -0.25) is 4.98 Å². The van der Waals surface area contributed by atoms with Crippen molar-refractivity contribution in [2.45, 2.75) is 345 Å². The number of nitrogens with one attached hydrogen (secondary N) is 1. The van der Waals surface area contributed by atoms with Crippen molar-refractivity contribution < 1.29 is 4.42 Å². The van der Waals surface area contributed by atoms with Gasteiger partial charge in [0.1, 0.15) is 11.1 Å². The second-order valence-electron chi connectivity index (χ2n) is 32.7. The Labute approximate surface area is 593 Å². The van der Waals surface area contributed by atoms with E-state index in [0.29, 0.717) is 5.56 Å². The van der Waals surface area contributed by atoms with Crippen molar-refractivity contribution in [1.29, 1.82) is 5.26 Å². The van der Waals surface area contributed by atoms with E-state index in [9.17, 15) is 5.26 Å². The molecule has 0 aliphatic heterocycles. The first kappa shape index (κ1) is 71.9. The zero-order valence-corrected chi connectivity index (χ0v) is 61.5. The van der Waals surface area contributed by atoms with Gasteiger partial charge in [-0.15, -0.1) is 0 Å². The molecule has 3 fully saturated rings. The first-order valence-corrected chi connectivity index (χ1v) is 41.8. The summed E-state index contributed by atoms with van der Waals surface area (Å²) in [6.07, 6.45) is 72.8. The lowest BCUT2D eigenvalue weighted by atomic mass is 9.62. The number of benzene rings is 5. The molecule has 3 saturated carbocycles. The number of para-hydroxylation sites is 2. The lowest BCUT2D eigenvalue weighted by molar-refractivity contribution is 0.234. The van der Waals surface area contributed by atoms with E-state index in [1.807, 2.05) is 12.3 Å². The summed E-state index contributed by atoms with van der Waals surface area (Å²) in [5.41, 5.74) is 12.3. The summed E-state index contributed by atoms with van der Waals surface area (Å²) in [5.74, 6) is 2.60. The van der Waals surface area contributed by atoms with Crippen LogP contribution in [0, 0.1) is 29.1 Å². The van der Waals surface area contributed by atoms with E-state index in [1.165, 1.54) is 355 Å². The standard InChI is InChI=1S/C93H128N4O/c1-73-46-36-30-25-21-17-13-9-8-12-15-19-23-27-33-43-61-92(62-44-35-29-31-37-47-73,77-54-56-85-81(70-77)79-49-39-41-51-84(79)96-85)65-66-93(63-45-34-28-24-20-16-11-7-5-3-2-4-6-10-14-18-22-26-32-38-48-75-69-76(75)59-64-93)78-55-58-89-83(71-78)90-91(98-89)88(60-67-95-90)97-86-52-42-40-50-80(86)82-68-74(72-94)53-57-87(82)97/h39-42,49-58,60,67-68,70-71,73,75-76,96H,2-38,43-48,59,61-66,69H2,1H3. The molecule has 5 atom stereocenters. The minimum Gasteiger partial charge on any atom is -0.452 e. The SMILES string of the molecule is CC1CCCCCCCCCCCCCCCCCC(CCC2(c3ccc4oc5c(-n6c7ccccc7c7cc(C#N)ccc76)ccnc5c4c3)CCCCCCCCCCCCCCCCCCCCCCC3CC3CC2)(c2ccc3[nH]c4ccccc4c3c2)CCCCCCC1. The van der Waals surface area contributed by atoms with Crippen LogP contribution in [0.2, 0.25) is 0 Å². The Hall–Kier alpha value is -5.86. The molecule has 0 radical (unpaired) electrons. The number of pyridine rings is 1. The highest BCUT2D eigenvalue weighted by Crippen LogP contribution is 2.53. The van der Waals surface area contributed by atoms with E-state index >= 15 is 0 Å². The van der Waals surface area contributed by atoms with Crippen LogP contribution >= 0.6 is 0 Å². The highest BCUT2D eigenvalue weighted by Gasteiger charge is 2.42. The maximum Gasteiger partial charge on any atom is 0.177 e. The first-order chi connectivity index (χ1) is 48.5. The van der Waals surface area contributed by atoms with Crippen LogP contribution in [-0.2, 0) is 10.8 Å². The van der Waals surface area contributed by atoms with Gasteiger partial charge < -0.3 is 14.0 Å². The van der Waals surface area contributed by atoms with E-state index in [-0.39, 0.29) is 10.8 Å². The van der Waals surface area contributed by atoms with Crippen molar-refractivity contribution in [3.63, 3.8) is 0 Å². The molecule has 3 aliphatic rings. The van der Waals surface area contributed by atoms with Crippen molar-refractivity contribution in [2.24, 2.45) is 17.8 Å². The summed E-state index contributed by atoms with van der Waals surface area (Å²) < 4.78 is 9.55. The van der Waals surface area contributed by atoms with Gasteiger partial charge in [0.05, 0.1) is 28.4 Å². The van der Waals surface area contributed by atoms with Gasteiger partial charge in [0, 0.05) is 44.2 Å². The predicted molar refractivity (Wildman–Crippen MR) is 421 cm³/mol. The molecule has 0 amide bonds. The zero-order chi connectivity index (χ0) is 66.9. The third-order valence-corrected chi connectivity index (χ3v) is 25.4. The molecule has 5 aromatic carbocycles. The van der Waals surface area contributed by atoms with E-state index in [0.717, 1.165) is 67.3 Å². The molecule has 1 N–H and O–H groups in total. The van der Waals surface area contributed by atoms with Crippen LogP contribution in [0.15, 0.2) is 120 Å². The number of nitrogens with zero attached hydrogens (tertiary/aromatic N) is 3. The fraction of sp³-hybridized carbons (Fsp3) is 0.613. The molecule has 0 saturated heterocycles. The molecule has 5 nitrogen and oxygen atoms in total. The number of H-pyrrole nitrogens is 1.